The molecule has 0 aliphatic carbocycles. The normalized spacial score (nSPS) is 20.1. The van der Waals surface area contributed by atoms with E-state index in [0.717, 1.165) is 6.54 Å². The SMILES string of the molecule is C1=NCC(c2cc3ccccc3s2)N1. The van der Waals surface area contributed by atoms with E-state index in [1.807, 2.05) is 11.3 Å². The van der Waals surface area contributed by atoms with Crippen LogP contribution in [0.15, 0.2) is 35.3 Å². The smallest absolute Gasteiger partial charge is 0.0830 e. The Balaban J connectivity index is 2.05. The van der Waals surface area contributed by atoms with E-state index < -0.39 is 0 Å². The van der Waals surface area contributed by atoms with Crippen molar-refractivity contribution in [3.63, 3.8) is 0 Å². The highest BCUT2D eigenvalue weighted by Crippen LogP contribution is 2.30. The Hall–Kier alpha value is -1.35. The van der Waals surface area contributed by atoms with Crippen molar-refractivity contribution in [3.8, 4) is 0 Å². The number of nitrogens with one attached hydrogen (secondary N) is 1. The van der Waals surface area contributed by atoms with Crippen molar-refractivity contribution in [3.05, 3.63) is 35.2 Å². The van der Waals surface area contributed by atoms with Crippen molar-refractivity contribution in [2.45, 2.75) is 6.04 Å². The summed E-state index contributed by atoms with van der Waals surface area (Å²) in [6.07, 6.45) is 1.80. The first-order valence-corrected chi connectivity index (χ1v) is 5.48. The fraction of sp³-hybridized carbons (Fsp3) is 0.182. The van der Waals surface area contributed by atoms with Gasteiger partial charge in [0, 0.05) is 9.58 Å². The fourth-order valence-corrected chi connectivity index (χ4v) is 2.82. The van der Waals surface area contributed by atoms with Gasteiger partial charge in [-0.1, -0.05) is 18.2 Å². The van der Waals surface area contributed by atoms with Crippen LogP contribution < -0.4 is 5.32 Å². The Morgan fingerprint density at radius 3 is 3.07 bits per heavy atom. The minimum absolute atomic E-state index is 0.396. The summed E-state index contributed by atoms with van der Waals surface area (Å²) < 4.78 is 1.36. The van der Waals surface area contributed by atoms with E-state index in [-0.39, 0.29) is 0 Å². The molecule has 0 saturated carbocycles. The second-order valence-corrected chi connectivity index (χ2v) is 4.52. The molecule has 70 valence electrons. The Labute approximate surface area is 86.3 Å². The average molecular weight is 202 g/mol. The molecule has 3 heteroatoms. The van der Waals surface area contributed by atoms with Crippen LogP contribution in [-0.4, -0.2) is 12.9 Å². The molecule has 1 aromatic heterocycles. The highest BCUT2D eigenvalue weighted by molar-refractivity contribution is 7.19. The summed E-state index contributed by atoms with van der Waals surface area (Å²) in [6, 6.07) is 11.1. The van der Waals surface area contributed by atoms with E-state index in [1.54, 1.807) is 6.34 Å². The maximum Gasteiger partial charge on any atom is 0.0830 e. The van der Waals surface area contributed by atoms with E-state index in [0.29, 0.717) is 6.04 Å². The number of aliphatic imine (C=N–C) groups is 1. The van der Waals surface area contributed by atoms with Crippen LogP contribution in [0.1, 0.15) is 10.9 Å². The van der Waals surface area contributed by atoms with Gasteiger partial charge in [0.15, 0.2) is 0 Å². The van der Waals surface area contributed by atoms with Crippen molar-refractivity contribution in [1.29, 1.82) is 0 Å². The molecule has 0 bridgehead atoms. The molecular weight excluding hydrogens is 192 g/mol. The third kappa shape index (κ3) is 1.21. The summed E-state index contributed by atoms with van der Waals surface area (Å²) in [6.45, 7) is 0.868. The number of hydrogen-bond donors (Lipinski definition) is 1. The fourth-order valence-electron chi connectivity index (χ4n) is 1.70. The Morgan fingerprint density at radius 2 is 2.29 bits per heavy atom. The van der Waals surface area contributed by atoms with Crippen LogP contribution in [0, 0.1) is 0 Å². The molecule has 0 saturated heterocycles. The van der Waals surface area contributed by atoms with Crippen molar-refractivity contribution in [2.75, 3.05) is 6.54 Å². The summed E-state index contributed by atoms with van der Waals surface area (Å²) in [5, 5.41) is 4.59. The highest BCUT2D eigenvalue weighted by atomic mass is 32.1. The average Bonchev–Trinajstić information content (AvgIpc) is 2.86. The molecule has 2 nitrogen and oxygen atoms in total. The zero-order valence-corrected chi connectivity index (χ0v) is 8.42. The van der Waals surface area contributed by atoms with Gasteiger partial charge in [-0.3, -0.25) is 4.99 Å². The van der Waals surface area contributed by atoms with Crippen molar-refractivity contribution in [2.24, 2.45) is 4.99 Å². The van der Waals surface area contributed by atoms with Crippen LogP contribution in [0.5, 0.6) is 0 Å². The third-order valence-corrected chi connectivity index (χ3v) is 3.67. The van der Waals surface area contributed by atoms with Gasteiger partial charge in [-0.25, -0.2) is 0 Å². The van der Waals surface area contributed by atoms with E-state index in [2.05, 4.69) is 40.6 Å². The van der Waals surface area contributed by atoms with E-state index in [1.165, 1.54) is 15.0 Å². The van der Waals surface area contributed by atoms with Gasteiger partial charge in [-0.2, -0.15) is 0 Å². The number of benzene rings is 1. The molecule has 1 aromatic carbocycles. The minimum Gasteiger partial charge on any atom is -0.367 e. The van der Waals surface area contributed by atoms with Gasteiger partial charge in [-0.05, 0) is 17.5 Å². The molecule has 0 radical (unpaired) electrons. The lowest BCUT2D eigenvalue weighted by atomic mass is 10.2. The van der Waals surface area contributed by atoms with Crippen LogP contribution in [0.2, 0.25) is 0 Å². The monoisotopic (exact) mass is 202 g/mol. The van der Waals surface area contributed by atoms with Gasteiger partial charge in [0.2, 0.25) is 0 Å². The molecule has 3 rings (SSSR count). The molecule has 1 unspecified atom stereocenters. The second-order valence-electron chi connectivity index (χ2n) is 3.40. The van der Waals surface area contributed by atoms with Gasteiger partial charge in [0.05, 0.1) is 18.9 Å². The molecular formula is C11H10N2S. The highest BCUT2D eigenvalue weighted by Gasteiger charge is 2.15. The first kappa shape index (κ1) is 8.00. The van der Waals surface area contributed by atoms with Gasteiger partial charge in [-0.15, -0.1) is 11.3 Å². The predicted molar refractivity (Wildman–Crippen MR) is 61.1 cm³/mol. The number of thiophene rings is 1. The molecule has 0 spiro atoms. The number of nitrogens with zero attached hydrogens (tertiary/aromatic N) is 1. The molecule has 0 fully saturated rings. The number of hydrogen-bond acceptors (Lipinski definition) is 3. The lowest BCUT2D eigenvalue weighted by Gasteiger charge is -2.04. The molecule has 2 heterocycles. The summed E-state index contributed by atoms with van der Waals surface area (Å²) >= 11 is 1.85. The van der Waals surface area contributed by atoms with Crippen molar-refractivity contribution >= 4 is 27.8 Å². The van der Waals surface area contributed by atoms with E-state index in [9.17, 15) is 0 Å². The van der Waals surface area contributed by atoms with Gasteiger partial charge >= 0.3 is 0 Å². The van der Waals surface area contributed by atoms with E-state index in [4.69, 9.17) is 0 Å². The molecule has 2 aromatic rings. The zero-order valence-electron chi connectivity index (χ0n) is 7.60. The Morgan fingerprint density at radius 1 is 1.36 bits per heavy atom. The lowest BCUT2D eigenvalue weighted by Crippen LogP contribution is -2.13. The molecule has 1 aliphatic heterocycles. The minimum atomic E-state index is 0.396. The lowest BCUT2D eigenvalue weighted by molar-refractivity contribution is 0.728. The summed E-state index contributed by atoms with van der Waals surface area (Å²) in [5.74, 6) is 0. The van der Waals surface area contributed by atoms with Crippen molar-refractivity contribution in [1.82, 2.24) is 5.32 Å². The number of rotatable bonds is 1. The first-order chi connectivity index (χ1) is 6.93. The Kier molecular flexibility index (Phi) is 1.77. The Bertz CT molecular complexity index is 446. The molecule has 14 heavy (non-hydrogen) atoms. The van der Waals surface area contributed by atoms with Crippen LogP contribution in [0.25, 0.3) is 10.1 Å². The maximum absolute atomic E-state index is 4.18. The standard InChI is InChI=1S/C11H10N2S/c1-2-4-10-8(3-1)5-11(14-10)9-6-12-7-13-9/h1-5,7,9H,6H2,(H,12,13). The molecule has 1 aliphatic rings. The largest absolute Gasteiger partial charge is 0.367 e. The second kappa shape index (κ2) is 3.10. The zero-order chi connectivity index (χ0) is 9.38. The molecule has 1 N–H and O–H groups in total. The van der Waals surface area contributed by atoms with Crippen molar-refractivity contribution < 1.29 is 0 Å². The van der Waals surface area contributed by atoms with Crippen LogP contribution in [0.4, 0.5) is 0 Å². The van der Waals surface area contributed by atoms with Gasteiger partial charge in [0.1, 0.15) is 0 Å². The van der Waals surface area contributed by atoms with Gasteiger partial charge < -0.3 is 5.32 Å². The van der Waals surface area contributed by atoms with Gasteiger partial charge in [0.25, 0.3) is 0 Å². The predicted octanol–water partition coefficient (Wildman–Crippen LogP) is 2.57. The number of fused-ring (bicyclic) bond motifs is 1. The first-order valence-electron chi connectivity index (χ1n) is 4.66. The topological polar surface area (TPSA) is 24.4 Å². The summed E-state index contributed by atoms with van der Waals surface area (Å²) in [7, 11) is 0. The van der Waals surface area contributed by atoms with E-state index >= 15 is 0 Å². The quantitative estimate of drug-likeness (QED) is 0.755. The third-order valence-electron chi connectivity index (χ3n) is 2.44. The molecule has 1 atom stereocenters. The summed E-state index contributed by atoms with van der Waals surface area (Å²) in [5.41, 5.74) is 0. The molecule has 0 amide bonds. The maximum atomic E-state index is 4.18. The van der Waals surface area contributed by atoms with Crippen LogP contribution in [0.3, 0.4) is 0 Å². The van der Waals surface area contributed by atoms with Crippen LogP contribution in [-0.2, 0) is 0 Å². The van der Waals surface area contributed by atoms with Crippen LogP contribution >= 0.6 is 11.3 Å². The summed E-state index contributed by atoms with van der Waals surface area (Å²) in [4.78, 5) is 5.56.